The van der Waals surface area contributed by atoms with Crippen LogP contribution >= 0.6 is 0 Å². The van der Waals surface area contributed by atoms with Gasteiger partial charge in [-0.25, -0.2) is 0 Å². The minimum Gasteiger partial charge on any atom is -0.372 e. The first-order valence-corrected chi connectivity index (χ1v) is 8.69. The number of pyridine rings is 1. The minimum absolute atomic E-state index is 0.127. The molecule has 0 radical (unpaired) electrons. The third-order valence-electron chi connectivity index (χ3n) is 4.89. The molecule has 1 aromatic heterocycles. The summed E-state index contributed by atoms with van der Waals surface area (Å²) >= 11 is 0. The van der Waals surface area contributed by atoms with Crippen LogP contribution in [0.15, 0.2) is 23.1 Å². The van der Waals surface area contributed by atoms with E-state index in [1.165, 1.54) is 25.7 Å². The van der Waals surface area contributed by atoms with E-state index in [1.54, 1.807) is 4.57 Å². The van der Waals surface area contributed by atoms with E-state index in [1.807, 2.05) is 25.4 Å². The molecule has 3 rings (SSSR count). The van der Waals surface area contributed by atoms with E-state index in [9.17, 15) is 4.79 Å². The van der Waals surface area contributed by atoms with Gasteiger partial charge in [0.25, 0.3) is 5.56 Å². The zero-order valence-electron chi connectivity index (χ0n) is 13.8. The molecule has 0 unspecified atom stereocenters. The molecule has 1 aliphatic heterocycles. The van der Waals surface area contributed by atoms with Gasteiger partial charge in [-0.1, -0.05) is 25.8 Å². The standard InChI is InChI=1S/C18H28N2O2/c1-3-4-7-16-12-20(13-17(22-16)14-8-9-14)11-15-6-5-10-19(2)18(15)21/h5-6,10,14,16-17H,3-4,7-9,11-13H2,1-2H3/t16-,17-/m1/s1. The molecule has 22 heavy (non-hydrogen) atoms. The lowest BCUT2D eigenvalue weighted by Crippen LogP contribution is -2.48. The SMILES string of the molecule is CCCC[C@@H]1CN(Cc2cccn(C)c2=O)C[C@H](C2CC2)O1. The van der Waals surface area contributed by atoms with Crippen LogP contribution < -0.4 is 5.56 Å². The van der Waals surface area contributed by atoms with Crippen LogP contribution in [-0.4, -0.2) is 34.8 Å². The molecule has 0 spiro atoms. The average Bonchev–Trinajstić information content (AvgIpc) is 3.34. The van der Waals surface area contributed by atoms with Crippen molar-refractivity contribution in [1.82, 2.24) is 9.47 Å². The van der Waals surface area contributed by atoms with Crippen molar-refractivity contribution in [3.05, 3.63) is 34.2 Å². The summed E-state index contributed by atoms with van der Waals surface area (Å²) in [5.74, 6) is 0.755. The smallest absolute Gasteiger partial charge is 0.254 e. The maximum atomic E-state index is 12.2. The Hall–Kier alpha value is -1.13. The van der Waals surface area contributed by atoms with Gasteiger partial charge in [-0.2, -0.15) is 0 Å². The molecule has 2 aliphatic rings. The van der Waals surface area contributed by atoms with E-state index < -0.39 is 0 Å². The summed E-state index contributed by atoms with van der Waals surface area (Å²) < 4.78 is 7.98. The van der Waals surface area contributed by atoms with E-state index in [0.717, 1.165) is 37.5 Å². The quantitative estimate of drug-likeness (QED) is 0.810. The number of rotatable bonds is 6. The molecule has 2 atom stereocenters. The lowest BCUT2D eigenvalue weighted by molar-refractivity contribution is -0.0994. The van der Waals surface area contributed by atoms with Crippen LogP contribution in [0.3, 0.4) is 0 Å². The fraction of sp³-hybridized carbons (Fsp3) is 0.722. The van der Waals surface area contributed by atoms with Gasteiger partial charge < -0.3 is 9.30 Å². The predicted octanol–water partition coefficient (Wildman–Crippen LogP) is 2.55. The van der Waals surface area contributed by atoms with Gasteiger partial charge >= 0.3 is 0 Å². The Morgan fingerprint density at radius 2 is 2.14 bits per heavy atom. The molecule has 1 saturated heterocycles. The zero-order valence-corrected chi connectivity index (χ0v) is 13.8. The molecule has 0 N–H and O–H groups in total. The fourth-order valence-electron chi connectivity index (χ4n) is 3.41. The van der Waals surface area contributed by atoms with Crippen LogP contribution in [-0.2, 0) is 18.3 Å². The second-order valence-electron chi connectivity index (χ2n) is 6.92. The van der Waals surface area contributed by atoms with Crippen LogP contribution in [0.25, 0.3) is 0 Å². The van der Waals surface area contributed by atoms with Crippen molar-refractivity contribution < 1.29 is 4.74 Å². The summed E-state index contributed by atoms with van der Waals surface area (Å²) in [6, 6.07) is 3.93. The maximum Gasteiger partial charge on any atom is 0.254 e. The Kier molecular flexibility index (Phi) is 4.99. The Morgan fingerprint density at radius 1 is 1.32 bits per heavy atom. The van der Waals surface area contributed by atoms with Gasteiger partial charge in [0.05, 0.1) is 12.2 Å². The number of hydrogen-bond donors (Lipinski definition) is 0. The van der Waals surface area contributed by atoms with Crippen LogP contribution in [0.4, 0.5) is 0 Å². The molecule has 2 fully saturated rings. The highest BCUT2D eigenvalue weighted by Crippen LogP contribution is 2.37. The van der Waals surface area contributed by atoms with Gasteiger partial charge in [0.2, 0.25) is 0 Å². The van der Waals surface area contributed by atoms with Gasteiger partial charge in [0.15, 0.2) is 0 Å². The van der Waals surface area contributed by atoms with Gasteiger partial charge in [-0.05, 0) is 31.2 Å². The molecular weight excluding hydrogens is 276 g/mol. The van der Waals surface area contributed by atoms with Crippen LogP contribution in [0, 0.1) is 5.92 Å². The number of ether oxygens (including phenoxy) is 1. The largest absolute Gasteiger partial charge is 0.372 e. The van der Waals surface area contributed by atoms with E-state index in [4.69, 9.17) is 4.74 Å². The summed E-state index contributed by atoms with van der Waals surface area (Å²) in [6.07, 6.45) is 8.75. The highest BCUT2D eigenvalue weighted by atomic mass is 16.5. The lowest BCUT2D eigenvalue weighted by atomic mass is 10.1. The highest BCUT2D eigenvalue weighted by molar-refractivity contribution is 5.10. The number of unbranched alkanes of at least 4 members (excludes halogenated alkanes) is 1. The van der Waals surface area contributed by atoms with Crippen LogP contribution in [0.1, 0.15) is 44.6 Å². The molecule has 4 heteroatoms. The number of hydrogen-bond acceptors (Lipinski definition) is 3. The highest BCUT2D eigenvalue weighted by Gasteiger charge is 2.38. The van der Waals surface area contributed by atoms with Crippen LogP contribution in [0.2, 0.25) is 0 Å². The second-order valence-corrected chi connectivity index (χ2v) is 6.92. The first-order valence-electron chi connectivity index (χ1n) is 8.69. The molecule has 0 aromatic carbocycles. The summed E-state index contributed by atoms with van der Waals surface area (Å²) in [5.41, 5.74) is 1.03. The van der Waals surface area contributed by atoms with Crippen molar-refractivity contribution in [1.29, 1.82) is 0 Å². The molecule has 122 valence electrons. The van der Waals surface area contributed by atoms with Gasteiger partial charge in [-0.15, -0.1) is 0 Å². The first kappa shape index (κ1) is 15.8. The average molecular weight is 304 g/mol. The number of aromatic nitrogens is 1. The monoisotopic (exact) mass is 304 g/mol. The topological polar surface area (TPSA) is 34.5 Å². The summed E-state index contributed by atoms with van der Waals surface area (Å²) in [4.78, 5) is 14.7. The molecule has 2 heterocycles. The molecule has 0 amide bonds. The third-order valence-corrected chi connectivity index (χ3v) is 4.89. The van der Waals surface area contributed by atoms with Gasteiger partial charge in [0, 0.05) is 38.4 Å². The van der Waals surface area contributed by atoms with Crippen molar-refractivity contribution in [2.45, 2.75) is 57.8 Å². The lowest BCUT2D eigenvalue weighted by Gasteiger charge is -2.38. The van der Waals surface area contributed by atoms with Gasteiger partial charge in [-0.3, -0.25) is 9.69 Å². The zero-order chi connectivity index (χ0) is 15.5. The van der Waals surface area contributed by atoms with E-state index in [-0.39, 0.29) is 5.56 Å². The minimum atomic E-state index is 0.127. The summed E-state index contributed by atoms with van der Waals surface area (Å²) in [6.45, 7) is 4.92. The Morgan fingerprint density at radius 3 is 2.86 bits per heavy atom. The number of morpholine rings is 1. The molecular formula is C18H28N2O2. The van der Waals surface area contributed by atoms with E-state index in [0.29, 0.717) is 12.2 Å². The Balaban J connectivity index is 1.68. The molecule has 1 aromatic rings. The molecule has 0 bridgehead atoms. The first-order chi connectivity index (χ1) is 10.7. The van der Waals surface area contributed by atoms with Crippen LogP contribution in [0.5, 0.6) is 0 Å². The molecule has 1 saturated carbocycles. The van der Waals surface area contributed by atoms with Crippen molar-refractivity contribution >= 4 is 0 Å². The third kappa shape index (κ3) is 3.79. The normalized spacial score (nSPS) is 26.3. The van der Waals surface area contributed by atoms with Crippen molar-refractivity contribution in [3.63, 3.8) is 0 Å². The Labute approximate surface area is 133 Å². The molecule has 4 nitrogen and oxygen atoms in total. The fourth-order valence-corrected chi connectivity index (χ4v) is 3.41. The number of nitrogens with zero attached hydrogens (tertiary/aromatic N) is 2. The molecule has 1 aliphatic carbocycles. The van der Waals surface area contributed by atoms with Crippen molar-refractivity contribution in [3.8, 4) is 0 Å². The summed E-state index contributed by atoms with van der Waals surface area (Å²) in [5, 5.41) is 0. The predicted molar refractivity (Wildman–Crippen MR) is 87.9 cm³/mol. The van der Waals surface area contributed by atoms with Crippen molar-refractivity contribution in [2.75, 3.05) is 13.1 Å². The Bertz CT molecular complexity index is 550. The second kappa shape index (κ2) is 6.97. The van der Waals surface area contributed by atoms with Crippen molar-refractivity contribution in [2.24, 2.45) is 13.0 Å². The summed E-state index contributed by atoms with van der Waals surface area (Å²) in [7, 11) is 1.82. The maximum absolute atomic E-state index is 12.2. The van der Waals surface area contributed by atoms with Gasteiger partial charge in [0.1, 0.15) is 0 Å². The number of aryl methyl sites for hydroxylation is 1. The van der Waals surface area contributed by atoms with E-state index >= 15 is 0 Å². The van der Waals surface area contributed by atoms with E-state index in [2.05, 4.69) is 11.8 Å².